The van der Waals surface area contributed by atoms with Crippen LogP contribution in [0.3, 0.4) is 0 Å². The maximum Gasteiger partial charge on any atom is 0.325 e. The third-order valence-electron chi connectivity index (χ3n) is 3.10. The quantitative estimate of drug-likeness (QED) is 0.816. The van der Waals surface area contributed by atoms with Gasteiger partial charge >= 0.3 is 5.97 Å². The molecule has 1 heterocycles. The zero-order chi connectivity index (χ0) is 15.4. The number of methoxy groups -OCH3 is 3. The maximum atomic E-state index is 11.6. The lowest BCUT2D eigenvalue weighted by Gasteiger charge is -2.10. The first-order chi connectivity index (χ1) is 10.1. The van der Waals surface area contributed by atoms with Crippen molar-refractivity contribution < 1.29 is 19.0 Å². The largest absolute Gasteiger partial charge is 0.493 e. The summed E-state index contributed by atoms with van der Waals surface area (Å²) in [6.45, 7) is 2.73. The van der Waals surface area contributed by atoms with E-state index in [1.54, 1.807) is 30.9 Å². The van der Waals surface area contributed by atoms with Crippen molar-refractivity contribution in [3.05, 3.63) is 12.1 Å². The highest BCUT2D eigenvalue weighted by Crippen LogP contribution is 2.33. The highest BCUT2D eigenvalue weighted by atomic mass is 16.5. The molecule has 0 atom stereocenters. The lowest BCUT2D eigenvalue weighted by atomic mass is 10.2. The molecule has 7 nitrogen and oxygen atoms in total. The average Bonchev–Trinajstić information content (AvgIpc) is 2.82. The van der Waals surface area contributed by atoms with Gasteiger partial charge in [-0.1, -0.05) is 0 Å². The highest BCUT2D eigenvalue weighted by molar-refractivity contribution is 5.84. The summed E-state index contributed by atoms with van der Waals surface area (Å²) < 4.78 is 17.1. The fourth-order valence-corrected chi connectivity index (χ4v) is 2.10. The van der Waals surface area contributed by atoms with Gasteiger partial charge in [0.25, 0.3) is 0 Å². The van der Waals surface area contributed by atoms with E-state index in [9.17, 15) is 4.79 Å². The lowest BCUT2D eigenvalue weighted by Crippen LogP contribution is -2.14. The monoisotopic (exact) mass is 293 g/mol. The number of ether oxygens (including phenoxy) is 3. The molecule has 0 bridgehead atoms. The van der Waals surface area contributed by atoms with Gasteiger partial charge in [-0.15, -0.1) is 0 Å². The number of carbonyl (C=O) groups is 1. The first-order valence-electron chi connectivity index (χ1n) is 6.57. The van der Waals surface area contributed by atoms with Crippen molar-refractivity contribution in [3.8, 4) is 11.5 Å². The minimum absolute atomic E-state index is 0.0742. The molecule has 7 heteroatoms. The van der Waals surface area contributed by atoms with E-state index >= 15 is 0 Å². The van der Waals surface area contributed by atoms with Crippen LogP contribution in [0.25, 0.3) is 11.0 Å². The van der Waals surface area contributed by atoms with E-state index in [1.807, 2.05) is 6.92 Å². The Bertz CT molecular complexity index is 651. The van der Waals surface area contributed by atoms with Gasteiger partial charge in [-0.2, -0.15) is 0 Å². The van der Waals surface area contributed by atoms with Crippen LogP contribution < -0.4 is 14.8 Å². The Balaban J connectivity index is 2.60. The number of aromatic nitrogens is 2. The molecule has 1 aromatic carbocycles. The third kappa shape index (κ3) is 2.86. The molecule has 1 aromatic heterocycles. The van der Waals surface area contributed by atoms with E-state index < -0.39 is 0 Å². The van der Waals surface area contributed by atoms with E-state index in [-0.39, 0.29) is 12.5 Å². The van der Waals surface area contributed by atoms with Crippen LogP contribution >= 0.6 is 0 Å². The standard InChI is InChI=1S/C14H19N3O4/c1-5-15-14-16-9-6-11(19-2)12(20-3)7-10(9)17(14)8-13(18)21-4/h6-7H,5,8H2,1-4H3,(H,15,16). The number of anilines is 1. The van der Waals surface area contributed by atoms with Gasteiger partial charge in [0, 0.05) is 18.7 Å². The van der Waals surface area contributed by atoms with Crippen LogP contribution in [0.5, 0.6) is 11.5 Å². The summed E-state index contributed by atoms with van der Waals surface area (Å²) in [5.74, 6) is 1.44. The molecule has 2 aromatic rings. The molecule has 0 saturated heterocycles. The molecule has 2 rings (SSSR count). The molecule has 0 aliphatic carbocycles. The molecule has 21 heavy (non-hydrogen) atoms. The lowest BCUT2D eigenvalue weighted by molar-refractivity contribution is -0.141. The first-order valence-corrected chi connectivity index (χ1v) is 6.57. The number of rotatable bonds is 6. The number of nitrogens with one attached hydrogen (secondary N) is 1. The summed E-state index contributed by atoms with van der Waals surface area (Å²) in [5, 5.41) is 3.13. The van der Waals surface area contributed by atoms with Crippen molar-refractivity contribution in [2.24, 2.45) is 0 Å². The second kappa shape index (κ2) is 6.34. The summed E-state index contributed by atoms with van der Waals surface area (Å²) in [5.41, 5.74) is 1.49. The zero-order valence-electron chi connectivity index (χ0n) is 12.6. The van der Waals surface area contributed by atoms with Crippen LogP contribution in [-0.4, -0.2) is 43.4 Å². The van der Waals surface area contributed by atoms with E-state index in [0.29, 0.717) is 29.5 Å². The molecular weight excluding hydrogens is 274 g/mol. The number of imidazole rings is 1. The molecule has 0 unspecified atom stereocenters. The smallest absolute Gasteiger partial charge is 0.325 e. The van der Waals surface area contributed by atoms with Crippen molar-refractivity contribution in [1.29, 1.82) is 0 Å². The minimum Gasteiger partial charge on any atom is -0.493 e. The number of benzene rings is 1. The van der Waals surface area contributed by atoms with Gasteiger partial charge in [-0.3, -0.25) is 9.36 Å². The van der Waals surface area contributed by atoms with Gasteiger partial charge in [0.1, 0.15) is 6.54 Å². The summed E-state index contributed by atoms with van der Waals surface area (Å²) >= 11 is 0. The van der Waals surface area contributed by atoms with E-state index in [1.165, 1.54) is 7.11 Å². The average molecular weight is 293 g/mol. The number of fused-ring (bicyclic) bond motifs is 1. The Morgan fingerprint density at radius 3 is 2.48 bits per heavy atom. The number of carbonyl (C=O) groups excluding carboxylic acids is 1. The Morgan fingerprint density at radius 1 is 1.24 bits per heavy atom. The molecule has 1 N–H and O–H groups in total. The predicted octanol–water partition coefficient (Wildman–Crippen LogP) is 1.66. The van der Waals surface area contributed by atoms with Crippen LogP contribution in [0.2, 0.25) is 0 Å². The summed E-state index contributed by atoms with van der Waals surface area (Å²) in [7, 11) is 4.49. The van der Waals surface area contributed by atoms with Gasteiger partial charge in [-0.25, -0.2) is 4.98 Å². The van der Waals surface area contributed by atoms with Crippen molar-refractivity contribution in [2.45, 2.75) is 13.5 Å². The normalized spacial score (nSPS) is 10.5. The van der Waals surface area contributed by atoms with Crippen LogP contribution in [-0.2, 0) is 16.1 Å². The van der Waals surface area contributed by atoms with Crippen LogP contribution in [0.15, 0.2) is 12.1 Å². The fraction of sp³-hybridized carbons (Fsp3) is 0.429. The predicted molar refractivity (Wildman–Crippen MR) is 79.0 cm³/mol. The summed E-state index contributed by atoms with van der Waals surface area (Å²) in [6, 6.07) is 3.58. The Labute approximate surface area is 122 Å². The molecule has 0 aliphatic rings. The van der Waals surface area contributed by atoms with E-state index in [0.717, 1.165) is 5.52 Å². The van der Waals surface area contributed by atoms with Crippen LogP contribution in [0.1, 0.15) is 6.92 Å². The Kier molecular flexibility index (Phi) is 4.52. The van der Waals surface area contributed by atoms with Crippen LogP contribution in [0.4, 0.5) is 5.95 Å². The third-order valence-corrected chi connectivity index (χ3v) is 3.10. The van der Waals surface area contributed by atoms with Gasteiger partial charge in [0.2, 0.25) is 5.95 Å². The molecule has 0 radical (unpaired) electrons. The number of nitrogens with zero attached hydrogens (tertiary/aromatic N) is 2. The van der Waals surface area contributed by atoms with Gasteiger partial charge in [-0.05, 0) is 6.92 Å². The molecular formula is C14H19N3O4. The topological polar surface area (TPSA) is 74.6 Å². The molecule has 0 amide bonds. The van der Waals surface area contributed by atoms with Gasteiger partial charge < -0.3 is 19.5 Å². The number of hydrogen-bond acceptors (Lipinski definition) is 6. The SMILES string of the molecule is CCNc1nc2cc(OC)c(OC)cc2n1CC(=O)OC. The molecule has 0 spiro atoms. The van der Waals surface area contributed by atoms with E-state index in [2.05, 4.69) is 10.3 Å². The number of esters is 1. The fourth-order valence-electron chi connectivity index (χ4n) is 2.10. The van der Waals surface area contributed by atoms with Gasteiger partial charge in [0.15, 0.2) is 11.5 Å². The zero-order valence-corrected chi connectivity index (χ0v) is 12.6. The van der Waals surface area contributed by atoms with Crippen molar-refractivity contribution in [1.82, 2.24) is 9.55 Å². The molecule has 0 aliphatic heterocycles. The van der Waals surface area contributed by atoms with E-state index in [4.69, 9.17) is 14.2 Å². The first kappa shape index (κ1) is 15.0. The van der Waals surface area contributed by atoms with Crippen molar-refractivity contribution >= 4 is 23.0 Å². The summed E-state index contributed by atoms with van der Waals surface area (Å²) in [4.78, 5) is 16.1. The van der Waals surface area contributed by atoms with Gasteiger partial charge in [0.05, 0.1) is 32.4 Å². The Hall–Kier alpha value is -2.44. The summed E-state index contributed by atoms with van der Waals surface area (Å²) in [6.07, 6.45) is 0. The maximum absolute atomic E-state index is 11.6. The highest BCUT2D eigenvalue weighted by Gasteiger charge is 2.17. The molecule has 0 fully saturated rings. The molecule has 0 saturated carbocycles. The van der Waals surface area contributed by atoms with Crippen molar-refractivity contribution in [3.63, 3.8) is 0 Å². The minimum atomic E-state index is -0.344. The Morgan fingerprint density at radius 2 is 1.90 bits per heavy atom. The number of hydrogen-bond donors (Lipinski definition) is 1. The molecule has 114 valence electrons. The van der Waals surface area contributed by atoms with Crippen molar-refractivity contribution in [2.75, 3.05) is 33.2 Å². The van der Waals surface area contributed by atoms with Crippen LogP contribution in [0, 0.1) is 0 Å². The second-order valence-corrected chi connectivity index (χ2v) is 4.32. The second-order valence-electron chi connectivity index (χ2n) is 4.32.